The molecule has 0 spiro atoms. The van der Waals surface area contributed by atoms with Crippen molar-refractivity contribution in [2.24, 2.45) is 5.84 Å². The largest absolute Gasteiger partial charge is 0.339 e. The lowest BCUT2D eigenvalue weighted by molar-refractivity contribution is 1.12. The molecule has 1 heterocycles. The molecule has 0 aliphatic heterocycles. The van der Waals surface area contributed by atoms with Crippen LogP contribution in [0.1, 0.15) is 5.56 Å². The lowest BCUT2D eigenvalue weighted by Gasteiger charge is -2.10. The van der Waals surface area contributed by atoms with E-state index >= 15 is 0 Å². The highest BCUT2D eigenvalue weighted by atomic mass is 35.5. The molecule has 2 aromatic rings. The molecule has 0 amide bonds. The first kappa shape index (κ1) is 12.9. The average Bonchev–Trinajstić information content (AvgIpc) is 2.36. The van der Waals surface area contributed by atoms with Crippen molar-refractivity contribution in [3.05, 3.63) is 40.0 Å². The minimum Gasteiger partial charge on any atom is -0.339 e. The van der Waals surface area contributed by atoms with Gasteiger partial charge in [0.25, 0.3) is 0 Å². The number of hydrogen-bond donors (Lipinski definition) is 3. The maximum Gasteiger partial charge on any atom is 0.239 e. The number of nitrogens with zero attached hydrogens (tertiary/aromatic N) is 2. The smallest absolute Gasteiger partial charge is 0.239 e. The number of hydrogen-bond acceptors (Lipinski definition) is 5. The van der Waals surface area contributed by atoms with Crippen LogP contribution >= 0.6 is 23.2 Å². The van der Waals surface area contributed by atoms with Crippen LogP contribution in [-0.2, 0) is 0 Å². The zero-order chi connectivity index (χ0) is 13.1. The summed E-state index contributed by atoms with van der Waals surface area (Å²) in [5.74, 6) is 6.12. The van der Waals surface area contributed by atoms with Crippen molar-refractivity contribution in [1.82, 2.24) is 9.97 Å². The van der Waals surface area contributed by atoms with Crippen molar-refractivity contribution < 1.29 is 0 Å². The number of nitrogens with one attached hydrogen (secondary N) is 2. The molecule has 0 aliphatic rings. The van der Waals surface area contributed by atoms with E-state index in [9.17, 15) is 0 Å². The highest BCUT2D eigenvalue weighted by Crippen LogP contribution is 2.30. The maximum absolute atomic E-state index is 6.12. The van der Waals surface area contributed by atoms with Crippen molar-refractivity contribution in [2.45, 2.75) is 6.92 Å². The molecular weight excluding hydrogens is 273 g/mol. The zero-order valence-electron chi connectivity index (χ0n) is 9.54. The number of halogens is 2. The quantitative estimate of drug-likeness (QED) is 0.596. The molecule has 4 N–H and O–H groups in total. The van der Waals surface area contributed by atoms with Crippen LogP contribution in [0.15, 0.2) is 24.4 Å². The van der Waals surface area contributed by atoms with Crippen molar-refractivity contribution in [3.8, 4) is 0 Å². The number of aryl methyl sites for hydroxylation is 1. The Balaban J connectivity index is 2.30. The minimum atomic E-state index is 0.314. The Kier molecular flexibility index (Phi) is 3.86. The van der Waals surface area contributed by atoms with Crippen LogP contribution in [0.2, 0.25) is 10.0 Å². The van der Waals surface area contributed by atoms with Gasteiger partial charge in [-0.3, -0.25) is 5.43 Å². The molecule has 0 atom stereocenters. The summed E-state index contributed by atoms with van der Waals surface area (Å²) < 4.78 is 0. The van der Waals surface area contributed by atoms with Crippen LogP contribution < -0.4 is 16.6 Å². The highest BCUT2D eigenvalue weighted by molar-refractivity contribution is 6.35. The Labute approximate surface area is 114 Å². The highest BCUT2D eigenvalue weighted by Gasteiger charge is 2.06. The molecule has 2 rings (SSSR count). The number of hydrazine groups is 1. The van der Waals surface area contributed by atoms with Gasteiger partial charge in [0, 0.05) is 11.2 Å². The Bertz CT molecular complexity index is 573. The number of aromatic nitrogens is 2. The predicted octanol–water partition coefficient (Wildman–Crippen LogP) is 3.12. The molecular formula is C11H11Cl2N5. The molecule has 1 aromatic heterocycles. The fourth-order valence-corrected chi connectivity index (χ4v) is 1.81. The van der Waals surface area contributed by atoms with E-state index in [2.05, 4.69) is 20.7 Å². The van der Waals surface area contributed by atoms with Gasteiger partial charge in [-0.2, -0.15) is 4.98 Å². The van der Waals surface area contributed by atoms with E-state index in [0.29, 0.717) is 27.5 Å². The molecule has 5 nitrogen and oxygen atoms in total. The van der Waals surface area contributed by atoms with E-state index in [1.807, 2.05) is 6.92 Å². The van der Waals surface area contributed by atoms with E-state index in [1.54, 1.807) is 24.4 Å². The van der Waals surface area contributed by atoms with Crippen LogP contribution in [0.25, 0.3) is 0 Å². The third-order valence-electron chi connectivity index (χ3n) is 2.30. The second-order valence-corrected chi connectivity index (χ2v) is 4.43. The molecule has 0 aliphatic carbocycles. The van der Waals surface area contributed by atoms with Gasteiger partial charge in [0.15, 0.2) is 0 Å². The summed E-state index contributed by atoms with van der Waals surface area (Å²) in [6.07, 6.45) is 1.58. The van der Waals surface area contributed by atoms with Gasteiger partial charge >= 0.3 is 0 Å². The lowest BCUT2D eigenvalue weighted by atomic mass is 10.2. The minimum absolute atomic E-state index is 0.314. The second kappa shape index (κ2) is 5.39. The van der Waals surface area contributed by atoms with Crippen molar-refractivity contribution in [2.75, 3.05) is 10.7 Å². The van der Waals surface area contributed by atoms with Crippen LogP contribution in [0, 0.1) is 6.92 Å². The van der Waals surface area contributed by atoms with Gasteiger partial charge in [0.05, 0.1) is 10.7 Å². The van der Waals surface area contributed by atoms with Gasteiger partial charge in [-0.15, -0.1) is 0 Å². The van der Waals surface area contributed by atoms with Gasteiger partial charge < -0.3 is 5.32 Å². The predicted molar refractivity (Wildman–Crippen MR) is 74.3 cm³/mol. The topological polar surface area (TPSA) is 75.9 Å². The Hall–Kier alpha value is -1.56. The van der Waals surface area contributed by atoms with Crippen molar-refractivity contribution in [1.29, 1.82) is 0 Å². The van der Waals surface area contributed by atoms with E-state index in [0.717, 1.165) is 5.56 Å². The summed E-state index contributed by atoms with van der Waals surface area (Å²) in [5, 5.41) is 4.25. The van der Waals surface area contributed by atoms with Crippen LogP contribution in [0.3, 0.4) is 0 Å². The van der Waals surface area contributed by atoms with E-state index in [-0.39, 0.29) is 0 Å². The molecule has 18 heavy (non-hydrogen) atoms. The summed E-state index contributed by atoms with van der Waals surface area (Å²) in [4.78, 5) is 8.03. The summed E-state index contributed by atoms with van der Waals surface area (Å²) in [6, 6.07) is 5.23. The molecule has 0 bridgehead atoms. The SMILES string of the molecule is Cc1cc(Cl)c(Nc2ccnc(NN)n2)cc1Cl. The lowest BCUT2D eigenvalue weighted by Crippen LogP contribution is -2.10. The first-order valence-corrected chi connectivity index (χ1v) is 5.88. The van der Waals surface area contributed by atoms with Gasteiger partial charge in [0.1, 0.15) is 5.82 Å². The normalized spacial score (nSPS) is 10.2. The molecule has 1 aromatic carbocycles. The molecule has 7 heteroatoms. The molecule has 94 valence electrons. The number of anilines is 3. The van der Waals surface area contributed by atoms with E-state index < -0.39 is 0 Å². The third kappa shape index (κ3) is 2.81. The van der Waals surface area contributed by atoms with Gasteiger partial charge in [-0.1, -0.05) is 23.2 Å². The summed E-state index contributed by atoms with van der Waals surface area (Å²) >= 11 is 12.2. The first-order valence-electron chi connectivity index (χ1n) is 5.12. The summed E-state index contributed by atoms with van der Waals surface area (Å²) in [7, 11) is 0. The molecule has 0 saturated carbocycles. The number of benzene rings is 1. The van der Waals surface area contributed by atoms with Gasteiger partial charge in [-0.25, -0.2) is 10.8 Å². The Morgan fingerprint density at radius 2 is 2.00 bits per heavy atom. The second-order valence-electron chi connectivity index (χ2n) is 3.62. The van der Waals surface area contributed by atoms with Gasteiger partial charge in [0.2, 0.25) is 5.95 Å². The molecule has 0 radical (unpaired) electrons. The Morgan fingerprint density at radius 3 is 2.72 bits per heavy atom. The fourth-order valence-electron chi connectivity index (χ4n) is 1.38. The van der Waals surface area contributed by atoms with Crippen LogP contribution in [0.5, 0.6) is 0 Å². The summed E-state index contributed by atoms with van der Waals surface area (Å²) in [6.45, 7) is 1.89. The zero-order valence-corrected chi connectivity index (χ0v) is 11.0. The summed E-state index contributed by atoms with van der Waals surface area (Å²) in [5.41, 5.74) is 3.96. The monoisotopic (exact) mass is 283 g/mol. The molecule has 0 fully saturated rings. The Morgan fingerprint density at radius 1 is 1.22 bits per heavy atom. The van der Waals surface area contributed by atoms with Crippen LogP contribution in [-0.4, -0.2) is 9.97 Å². The molecule has 0 saturated heterocycles. The average molecular weight is 284 g/mol. The first-order chi connectivity index (χ1) is 8.60. The number of nitrogen functional groups attached to an aromatic ring is 1. The number of rotatable bonds is 3. The van der Waals surface area contributed by atoms with Crippen molar-refractivity contribution in [3.63, 3.8) is 0 Å². The fraction of sp³-hybridized carbons (Fsp3) is 0.0909. The molecule has 0 unspecified atom stereocenters. The standard InChI is InChI=1S/C11H11Cl2N5/c1-6-4-8(13)9(5-7(6)12)16-10-2-3-15-11(17-10)18-14/h2-5H,14H2,1H3,(H2,15,16,17,18). The van der Waals surface area contributed by atoms with Gasteiger partial charge in [-0.05, 0) is 30.7 Å². The third-order valence-corrected chi connectivity index (χ3v) is 3.02. The van der Waals surface area contributed by atoms with Crippen LogP contribution in [0.4, 0.5) is 17.5 Å². The number of nitrogens with two attached hydrogens (primary N) is 1. The van der Waals surface area contributed by atoms with E-state index in [4.69, 9.17) is 29.0 Å². The maximum atomic E-state index is 6.12. The van der Waals surface area contributed by atoms with Crippen molar-refractivity contribution >= 4 is 40.7 Å². The van der Waals surface area contributed by atoms with E-state index in [1.165, 1.54) is 0 Å².